The molecule has 3 amide bonds. The summed E-state index contributed by atoms with van der Waals surface area (Å²) in [5.41, 5.74) is 9.20. The molecular weight excluding hydrogens is 1500 g/mol. The second-order valence-corrected chi connectivity index (χ2v) is 27.2. The molecule has 23 nitrogen and oxygen atoms in total. The van der Waals surface area contributed by atoms with Gasteiger partial charge in [-0.2, -0.15) is 63.6 Å². The molecule has 8 aromatic heterocycles. The Morgan fingerprint density at radius 1 is 0.523 bits per heavy atom. The van der Waals surface area contributed by atoms with Gasteiger partial charge in [0.25, 0.3) is 24.2 Å². The van der Waals surface area contributed by atoms with Crippen LogP contribution >= 0.6 is 69.9 Å². The van der Waals surface area contributed by atoms with Crippen LogP contribution in [0.25, 0.3) is 55.5 Å². The Bertz CT molecular complexity index is 4700. The number of hydrogen-bond acceptors (Lipinski definition) is 15. The van der Waals surface area contributed by atoms with Gasteiger partial charge >= 0.3 is 18.1 Å². The first kappa shape index (κ1) is 88.1. The highest BCUT2D eigenvalue weighted by molar-refractivity contribution is 9.10. The van der Waals surface area contributed by atoms with Crippen molar-refractivity contribution in [3.05, 3.63) is 209 Å². The van der Waals surface area contributed by atoms with Crippen LogP contribution in [0.15, 0.2) is 175 Å². The number of hydrogen-bond donors (Lipinski definition) is 4. The molecule has 0 radical (unpaired) electrons. The number of aromatic amines is 2. The van der Waals surface area contributed by atoms with E-state index in [1.165, 1.54) is 64.1 Å². The number of carboxylic acids is 1. The zero-order valence-electron chi connectivity index (χ0n) is 60.8. The van der Waals surface area contributed by atoms with E-state index in [1.54, 1.807) is 73.3 Å². The molecule has 107 heavy (non-hydrogen) atoms. The molecule has 15 rings (SSSR count). The molecule has 0 aliphatic carbocycles. The number of rotatable bonds is 9. The van der Waals surface area contributed by atoms with Gasteiger partial charge in [0.2, 0.25) is 0 Å². The van der Waals surface area contributed by atoms with Crippen molar-refractivity contribution < 1.29 is 52.9 Å². The summed E-state index contributed by atoms with van der Waals surface area (Å²) >= 11 is 3.26. The Labute approximate surface area is 658 Å². The van der Waals surface area contributed by atoms with Gasteiger partial charge in [-0.25, -0.2) is 29.5 Å². The number of aryl methyl sites for hydroxylation is 1. The van der Waals surface area contributed by atoms with Crippen molar-refractivity contribution in [3.63, 3.8) is 0 Å². The van der Waals surface area contributed by atoms with Gasteiger partial charge in [-0.15, -0.1) is 0 Å². The number of methoxy groups -OCH3 is 1. The molecule has 28 heteroatoms. The Kier molecular flexibility index (Phi) is 36.2. The highest BCUT2D eigenvalue weighted by Gasteiger charge is 2.26. The Balaban J connectivity index is 0.000000237. The molecule has 0 spiro atoms. The SMILES string of the molecule is COC(=O)c1ccc(Br)cc1.C[C@H]1CCCN(C(=O)c2cnc3[nH]ccc3c2)C1.C[C@H]1CCCN(C(=O)c2cnc3c(ccn3-c3ccc(OC=O)cc3)c2)C1.C[C@H]1CCCNC1.Cc1ccc(-n2ccc3cc(C(=O)N4CCC[C@H](C)C4)cnc32)cc1.O=C(O)c1cnc2[nH]ccc2c1.O=C=O.S.S.S.S. The molecule has 4 aliphatic heterocycles. The zero-order chi connectivity index (χ0) is 73.4. The number of piperidine rings is 4. The summed E-state index contributed by atoms with van der Waals surface area (Å²) in [5, 5.41) is 15.7. The fourth-order valence-electron chi connectivity index (χ4n) is 12.7. The molecule has 3 aromatic carbocycles. The number of esters is 1. The van der Waals surface area contributed by atoms with Crippen molar-refractivity contribution in [2.45, 2.75) is 86.0 Å². The number of pyridine rings is 4. The van der Waals surface area contributed by atoms with Gasteiger partial charge in [-0.1, -0.05) is 61.3 Å². The molecule has 568 valence electrons. The van der Waals surface area contributed by atoms with Crippen LogP contribution in [-0.4, -0.2) is 161 Å². The number of ether oxygens (including phenoxy) is 2. The van der Waals surface area contributed by atoms with Crippen LogP contribution in [0.4, 0.5) is 0 Å². The second-order valence-electron chi connectivity index (χ2n) is 26.3. The zero-order valence-corrected chi connectivity index (χ0v) is 66.4. The third-order valence-corrected chi connectivity index (χ3v) is 18.6. The lowest BCUT2D eigenvalue weighted by atomic mass is 9.99. The number of amides is 3. The normalized spacial score (nSPS) is 16.2. The molecule has 4 fully saturated rings. The van der Waals surface area contributed by atoms with Crippen LogP contribution < -0.4 is 10.1 Å². The number of likely N-dealkylation sites (tertiary alicyclic amines) is 3. The van der Waals surface area contributed by atoms with E-state index in [1.807, 2.05) is 86.4 Å². The van der Waals surface area contributed by atoms with Gasteiger partial charge in [0, 0.05) is 126 Å². The molecule has 11 aromatic rings. The fourth-order valence-corrected chi connectivity index (χ4v) is 12.9. The topological polar surface area (TPSA) is 290 Å². The van der Waals surface area contributed by atoms with Gasteiger partial charge in [0.1, 0.15) is 28.3 Å². The van der Waals surface area contributed by atoms with Crippen LogP contribution in [0.2, 0.25) is 0 Å². The van der Waals surface area contributed by atoms with Crippen molar-refractivity contribution >= 4 is 156 Å². The maximum Gasteiger partial charge on any atom is 0.373 e. The highest BCUT2D eigenvalue weighted by Crippen LogP contribution is 2.27. The predicted molar refractivity (Wildman–Crippen MR) is 439 cm³/mol. The fraction of sp³-hybridized carbons (Fsp3) is 0.329. The van der Waals surface area contributed by atoms with E-state index in [4.69, 9.17) is 19.4 Å². The number of aromatic carboxylic acids is 1. The Morgan fingerprint density at radius 3 is 1.31 bits per heavy atom. The van der Waals surface area contributed by atoms with Gasteiger partial charge in [0.15, 0.2) is 0 Å². The molecule has 4 N–H and O–H groups in total. The quantitative estimate of drug-likeness (QED) is 0.0771. The van der Waals surface area contributed by atoms with Crippen LogP contribution in [0.5, 0.6) is 5.75 Å². The maximum atomic E-state index is 12.8. The van der Waals surface area contributed by atoms with Crippen molar-refractivity contribution in [1.29, 1.82) is 0 Å². The van der Waals surface area contributed by atoms with Crippen molar-refractivity contribution in [2.75, 3.05) is 59.5 Å². The van der Waals surface area contributed by atoms with E-state index in [9.17, 15) is 28.8 Å². The summed E-state index contributed by atoms with van der Waals surface area (Å²) in [6, 6.07) is 37.6. The first-order chi connectivity index (χ1) is 49.8. The number of aromatic nitrogens is 8. The molecule has 4 saturated heterocycles. The lowest BCUT2D eigenvalue weighted by Gasteiger charge is -2.30. The minimum absolute atomic E-state index is 0. The summed E-state index contributed by atoms with van der Waals surface area (Å²) in [6.45, 7) is 18.9. The van der Waals surface area contributed by atoms with Gasteiger partial charge in [0.05, 0.1) is 34.9 Å². The first-order valence-electron chi connectivity index (χ1n) is 34.6. The number of halogens is 1. The molecule has 4 aliphatic rings. The van der Waals surface area contributed by atoms with Crippen molar-refractivity contribution in [2.24, 2.45) is 23.7 Å². The lowest BCUT2D eigenvalue weighted by Crippen LogP contribution is -2.39. The maximum absolute atomic E-state index is 12.8. The molecule has 12 heterocycles. The number of carbonyl (C=O) groups is 6. The van der Waals surface area contributed by atoms with Gasteiger partial charge in [-0.3, -0.25) is 19.2 Å². The number of benzene rings is 3. The summed E-state index contributed by atoms with van der Waals surface area (Å²) < 4.78 is 14.3. The number of carboxylic acid groups (broad SMARTS) is 1. The van der Waals surface area contributed by atoms with Gasteiger partial charge in [-0.05, 0) is 204 Å². The summed E-state index contributed by atoms with van der Waals surface area (Å²) in [6.07, 6.45) is 23.8. The van der Waals surface area contributed by atoms with Crippen LogP contribution in [0.1, 0.15) is 136 Å². The number of nitrogens with zero attached hydrogens (tertiary/aromatic N) is 9. The van der Waals surface area contributed by atoms with Crippen LogP contribution in [-0.2, 0) is 19.1 Å². The van der Waals surface area contributed by atoms with E-state index in [-0.39, 0.29) is 89.4 Å². The lowest BCUT2D eigenvalue weighted by molar-refractivity contribution is -0.191. The smallest absolute Gasteiger partial charge is 0.373 e. The highest BCUT2D eigenvalue weighted by atomic mass is 79.9. The Morgan fingerprint density at radius 2 is 0.925 bits per heavy atom. The third-order valence-electron chi connectivity index (χ3n) is 18.1. The average Bonchev–Trinajstić information content (AvgIpc) is 1.68. The van der Waals surface area contributed by atoms with Crippen molar-refractivity contribution in [1.82, 2.24) is 59.1 Å². The third kappa shape index (κ3) is 25.0. The summed E-state index contributed by atoms with van der Waals surface area (Å²) in [4.78, 5) is 115. The van der Waals surface area contributed by atoms with Crippen molar-refractivity contribution in [3.8, 4) is 17.1 Å². The van der Waals surface area contributed by atoms with E-state index >= 15 is 0 Å². The summed E-state index contributed by atoms with van der Waals surface area (Å²) in [5.74, 6) is 2.15. The minimum atomic E-state index is -0.953. The molecular formula is C79H95BrN12O11S4. The molecule has 4 atom stereocenters. The average molecular weight is 1600 g/mol. The number of fused-ring (bicyclic) bond motifs is 4. The standard InChI is InChI=1S/C21H21N3O3.C21H23N3O.C14H17N3O.C8H7BrO2.C8H6N2O2.C6H13N.CO2.4H2S/c1-15-3-2-9-23(13-15)21(26)17-11-16-8-10-24(20(16)22-12-17)18-4-6-19(7-5-18)27-14-25;1-15-5-7-19(8-6-15)24-11-9-17-12-18(13-22-20(17)24)21(25)23-10-3-4-16(2)14-23;1-10-3-2-6-17(9-10)14(18)12-7-11-4-5-15-13(11)16-8-12;1-11-8(10)6-2-4-7(9)5-3-6;11-8(12)6-3-5-1-2-9-7(5)10-4-6;1-6-3-2-4-7-5-6;2-1-3;;;;/h4-8,10-12,14-15H,2-3,9,13H2,1H3;5-9,11-13,16H,3-4,10,14H2,1-2H3;4-5,7-8,10H,2-3,6,9H2,1H3,(H,15,16);2-5H,1H3;1-4H,(H,9,10)(H,11,12);6-7H,2-5H2,1H3;;4*1H2/t15-;16-;10-;;;6-;;;;;/m000..0...../s1. The van der Waals surface area contributed by atoms with E-state index in [0.29, 0.717) is 57.9 Å². The van der Waals surface area contributed by atoms with Gasteiger partial charge < -0.3 is 53.7 Å². The summed E-state index contributed by atoms with van der Waals surface area (Å²) in [7, 11) is 1.37. The molecule has 0 unspecified atom stereocenters. The van der Waals surface area contributed by atoms with Crippen LogP contribution in [0, 0.1) is 30.6 Å². The first-order valence-corrected chi connectivity index (χ1v) is 35.4. The Hall–Kier alpha value is -9.54. The second kappa shape index (κ2) is 43.9. The number of carbonyl (C=O) groups excluding carboxylic acids is 7. The minimum Gasteiger partial charge on any atom is -0.478 e. The number of H-pyrrole nitrogens is 2. The van der Waals surface area contributed by atoms with Crippen LogP contribution in [0.3, 0.4) is 0 Å². The molecule has 0 saturated carbocycles. The monoisotopic (exact) mass is 1590 g/mol. The van der Waals surface area contributed by atoms with E-state index < -0.39 is 5.97 Å². The molecule has 0 bridgehead atoms. The van der Waals surface area contributed by atoms with E-state index in [2.05, 4.69) is 119 Å². The predicted octanol–water partition coefficient (Wildman–Crippen LogP) is 14.4. The van der Waals surface area contributed by atoms with E-state index in [0.717, 1.165) is 119 Å². The number of nitrogens with one attached hydrogen (secondary N) is 3. The largest absolute Gasteiger partial charge is 0.478 e.